The minimum absolute atomic E-state index is 0.0306. The maximum Gasteiger partial charge on any atom is 0.179 e. The van der Waals surface area contributed by atoms with Gasteiger partial charge in [0.2, 0.25) is 0 Å². The summed E-state index contributed by atoms with van der Waals surface area (Å²) in [5.74, 6) is -2.03. The van der Waals surface area contributed by atoms with Gasteiger partial charge in [-0.1, -0.05) is 23.2 Å². The lowest BCUT2D eigenvalue weighted by Gasteiger charge is -2.01. The molecule has 0 amide bonds. The van der Waals surface area contributed by atoms with E-state index in [0.717, 1.165) is 0 Å². The Hall–Kier alpha value is -0.340. The van der Waals surface area contributed by atoms with Gasteiger partial charge >= 0.3 is 0 Å². The largest absolute Gasteiger partial charge is 0.203 e. The van der Waals surface area contributed by atoms with Gasteiger partial charge in [-0.25, -0.2) is 8.78 Å². The maximum absolute atomic E-state index is 12.7. The van der Waals surface area contributed by atoms with Crippen molar-refractivity contribution in [1.29, 1.82) is 0 Å². The summed E-state index contributed by atoms with van der Waals surface area (Å²) in [6.07, 6.45) is 0. The van der Waals surface area contributed by atoms with Crippen molar-refractivity contribution in [3.63, 3.8) is 0 Å². The molecule has 0 aromatic heterocycles. The van der Waals surface area contributed by atoms with Crippen LogP contribution in [0.4, 0.5) is 8.78 Å². The number of hydrogen-bond donors (Lipinski definition) is 0. The molecule has 0 unspecified atom stereocenters. The van der Waals surface area contributed by atoms with E-state index in [-0.39, 0.29) is 15.6 Å². The molecule has 0 aliphatic rings. The van der Waals surface area contributed by atoms with Gasteiger partial charge in [0.25, 0.3) is 0 Å². The minimum atomic E-state index is -1.09. The molecular weight excluding hydrogens is 193 g/mol. The zero-order valence-corrected chi connectivity index (χ0v) is 7.10. The highest BCUT2D eigenvalue weighted by Gasteiger charge is 2.12. The number of benzene rings is 1. The smallest absolute Gasteiger partial charge is 0.179 e. The molecule has 0 aliphatic carbocycles. The summed E-state index contributed by atoms with van der Waals surface area (Å²) in [6, 6.07) is 1.28. The summed E-state index contributed by atoms with van der Waals surface area (Å²) in [7, 11) is 0. The molecule has 11 heavy (non-hydrogen) atoms. The third-order valence-electron chi connectivity index (χ3n) is 1.28. The van der Waals surface area contributed by atoms with E-state index < -0.39 is 11.6 Å². The van der Waals surface area contributed by atoms with Crippen molar-refractivity contribution in [3.8, 4) is 0 Å². The highest BCUT2D eigenvalue weighted by atomic mass is 35.5. The maximum atomic E-state index is 12.7. The van der Waals surface area contributed by atoms with Crippen LogP contribution in [0.5, 0.6) is 0 Å². The quantitative estimate of drug-likeness (QED) is 0.440. The molecule has 0 saturated carbocycles. The predicted molar refractivity (Wildman–Crippen MR) is 41.1 cm³/mol. The lowest BCUT2D eigenvalue weighted by atomic mass is 10.2. The van der Waals surface area contributed by atoms with Crippen molar-refractivity contribution in [3.05, 3.63) is 33.3 Å². The Morgan fingerprint density at radius 1 is 1.18 bits per heavy atom. The van der Waals surface area contributed by atoms with E-state index in [1.54, 1.807) is 0 Å². The Morgan fingerprint density at radius 2 is 1.73 bits per heavy atom. The van der Waals surface area contributed by atoms with E-state index in [1.165, 1.54) is 13.0 Å². The van der Waals surface area contributed by atoms with E-state index >= 15 is 0 Å². The van der Waals surface area contributed by atoms with Crippen LogP contribution >= 0.6 is 23.2 Å². The molecule has 1 rings (SSSR count). The van der Waals surface area contributed by atoms with E-state index in [4.69, 9.17) is 23.2 Å². The fourth-order valence-electron chi connectivity index (χ4n) is 0.691. The molecule has 0 atom stereocenters. The van der Waals surface area contributed by atoms with Crippen LogP contribution in [-0.2, 0) is 0 Å². The lowest BCUT2D eigenvalue weighted by molar-refractivity contribution is 0.503. The van der Waals surface area contributed by atoms with E-state index in [1.807, 2.05) is 0 Å². The average Bonchev–Trinajstić information content (AvgIpc) is 1.97. The van der Waals surface area contributed by atoms with Crippen LogP contribution in [0.2, 0.25) is 10.0 Å². The van der Waals surface area contributed by atoms with Gasteiger partial charge in [0.1, 0.15) is 0 Å². The summed E-state index contributed by atoms with van der Waals surface area (Å²) < 4.78 is 25.3. The standard InChI is InChI=1S/C7H4Cl2F2/c1-3-2-4(8)5(9)7(11)6(3)10/h2H,1H3. The summed E-state index contributed by atoms with van der Waals surface area (Å²) in [6.45, 7) is 1.42. The Balaban J connectivity index is 3.46. The van der Waals surface area contributed by atoms with Gasteiger partial charge in [0, 0.05) is 0 Å². The van der Waals surface area contributed by atoms with Crippen LogP contribution in [0.3, 0.4) is 0 Å². The number of halogens is 4. The number of aryl methyl sites for hydroxylation is 1. The fraction of sp³-hybridized carbons (Fsp3) is 0.143. The average molecular weight is 197 g/mol. The van der Waals surface area contributed by atoms with Crippen LogP contribution < -0.4 is 0 Å². The Bertz CT molecular complexity index is 271. The molecule has 0 fully saturated rings. The zero-order chi connectivity index (χ0) is 8.59. The second-order valence-corrected chi connectivity index (χ2v) is 2.90. The molecule has 4 heteroatoms. The van der Waals surface area contributed by atoms with Gasteiger partial charge in [0.05, 0.1) is 10.0 Å². The summed E-state index contributed by atoms with van der Waals surface area (Å²) >= 11 is 10.8. The summed E-state index contributed by atoms with van der Waals surface area (Å²) in [5.41, 5.74) is 0.150. The first kappa shape index (κ1) is 8.75. The first-order valence-electron chi connectivity index (χ1n) is 2.83. The first-order chi connectivity index (χ1) is 5.04. The van der Waals surface area contributed by atoms with Crippen molar-refractivity contribution in [2.75, 3.05) is 0 Å². The molecule has 0 aliphatic heterocycles. The Morgan fingerprint density at radius 3 is 2.27 bits per heavy atom. The second-order valence-electron chi connectivity index (χ2n) is 2.12. The van der Waals surface area contributed by atoms with Crippen molar-refractivity contribution >= 4 is 23.2 Å². The fourth-order valence-corrected chi connectivity index (χ4v) is 1.08. The van der Waals surface area contributed by atoms with E-state index in [0.29, 0.717) is 0 Å². The van der Waals surface area contributed by atoms with Crippen LogP contribution in [0.15, 0.2) is 6.07 Å². The number of rotatable bonds is 0. The third kappa shape index (κ3) is 1.47. The predicted octanol–water partition coefficient (Wildman–Crippen LogP) is 3.58. The summed E-state index contributed by atoms with van der Waals surface area (Å²) in [5, 5.41) is -0.335. The van der Waals surface area contributed by atoms with Gasteiger partial charge in [-0.2, -0.15) is 0 Å². The zero-order valence-electron chi connectivity index (χ0n) is 5.59. The SMILES string of the molecule is Cc1cc(Cl)c(Cl)c(F)c1F. The Labute approximate surface area is 72.7 Å². The molecule has 1 aromatic rings. The van der Waals surface area contributed by atoms with Gasteiger partial charge < -0.3 is 0 Å². The van der Waals surface area contributed by atoms with Crippen molar-refractivity contribution in [2.45, 2.75) is 6.92 Å². The first-order valence-corrected chi connectivity index (χ1v) is 3.59. The van der Waals surface area contributed by atoms with Crippen LogP contribution in [0.25, 0.3) is 0 Å². The van der Waals surface area contributed by atoms with Gasteiger partial charge in [-0.3, -0.25) is 0 Å². The third-order valence-corrected chi connectivity index (χ3v) is 2.05. The van der Waals surface area contributed by atoms with Crippen LogP contribution in [0, 0.1) is 18.6 Å². The minimum Gasteiger partial charge on any atom is -0.203 e. The molecule has 0 N–H and O–H groups in total. The summed E-state index contributed by atoms with van der Waals surface area (Å²) in [4.78, 5) is 0. The van der Waals surface area contributed by atoms with Gasteiger partial charge in [-0.05, 0) is 18.6 Å². The van der Waals surface area contributed by atoms with Crippen molar-refractivity contribution in [2.24, 2.45) is 0 Å². The van der Waals surface area contributed by atoms with Crippen LogP contribution in [-0.4, -0.2) is 0 Å². The van der Waals surface area contributed by atoms with Crippen molar-refractivity contribution < 1.29 is 8.78 Å². The van der Waals surface area contributed by atoms with Crippen molar-refractivity contribution in [1.82, 2.24) is 0 Å². The van der Waals surface area contributed by atoms with E-state index in [2.05, 4.69) is 0 Å². The number of hydrogen-bond acceptors (Lipinski definition) is 0. The normalized spacial score (nSPS) is 10.3. The lowest BCUT2D eigenvalue weighted by Crippen LogP contribution is -1.90. The van der Waals surface area contributed by atoms with E-state index in [9.17, 15) is 8.78 Å². The monoisotopic (exact) mass is 196 g/mol. The highest BCUT2D eigenvalue weighted by molar-refractivity contribution is 6.42. The van der Waals surface area contributed by atoms with Crippen LogP contribution in [0.1, 0.15) is 5.56 Å². The molecule has 1 aromatic carbocycles. The molecule has 0 bridgehead atoms. The molecular formula is C7H4Cl2F2. The van der Waals surface area contributed by atoms with Gasteiger partial charge in [-0.15, -0.1) is 0 Å². The molecule has 0 radical (unpaired) electrons. The molecule has 0 spiro atoms. The molecule has 0 heterocycles. The Kier molecular flexibility index (Phi) is 2.35. The molecule has 60 valence electrons. The molecule has 0 nitrogen and oxygen atoms in total. The second kappa shape index (κ2) is 2.95. The topological polar surface area (TPSA) is 0 Å². The van der Waals surface area contributed by atoms with Gasteiger partial charge in [0.15, 0.2) is 11.6 Å². The molecule has 0 saturated heterocycles. The highest BCUT2D eigenvalue weighted by Crippen LogP contribution is 2.28.